The summed E-state index contributed by atoms with van der Waals surface area (Å²) in [5.74, 6) is -1.40. The van der Waals surface area contributed by atoms with Gasteiger partial charge in [-0.1, -0.05) is 50.2 Å². The monoisotopic (exact) mass is 367 g/mol. The van der Waals surface area contributed by atoms with Gasteiger partial charge in [-0.15, -0.1) is 0 Å². The number of fused-ring (bicyclic) bond motifs is 1. The van der Waals surface area contributed by atoms with E-state index in [1.165, 1.54) is 18.2 Å². The zero-order chi connectivity index (χ0) is 19.6. The Morgan fingerprint density at radius 3 is 2.48 bits per heavy atom. The molecule has 0 saturated heterocycles. The number of ketones is 1. The smallest absolute Gasteiger partial charge is 0.310 e. The summed E-state index contributed by atoms with van der Waals surface area (Å²) in [6.45, 7) is 3.74. The normalized spacial score (nSPS) is 16.3. The first-order valence-electron chi connectivity index (χ1n) is 8.78. The lowest BCUT2D eigenvalue weighted by Crippen LogP contribution is -2.25. The number of hydrogen-bond donors (Lipinski definition) is 0. The van der Waals surface area contributed by atoms with Crippen molar-refractivity contribution >= 4 is 17.4 Å². The zero-order valence-corrected chi connectivity index (χ0v) is 15.7. The standard InChI is InChI=1S/C22H22FNO3/c1-22(2)17-9-5-7-11-19(17)24(3)20(22)13-16(25)14-27-21(26)12-15-8-4-6-10-18(15)23/h4-11,13H,12,14H2,1-3H3/b20-13+. The highest BCUT2D eigenvalue weighted by atomic mass is 19.1. The van der Waals surface area contributed by atoms with E-state index in [9.17, 15) is 14.0 Å². The van der Waals surface area contributed by atoms with Crippen molar-refractivity contribution in [3.8, 4) is 0 Å². The van der Waals surface area contributed by atoms with Crippen LogP contribution >= 0.6 is 0 Å². The Balaban J connectivity index is 1.65. The number of carbonyl (C=O) groups excluding carboxylic acids is 2. The number of rotatable bonds is 5. The van der Waals surface area contributed by atoms with Crippen molar-refractivity contribution in [1.29, 1.82) is 0 Å². The number of anilines is 1. The van der Waals surface area contributed by atoms with Crippen molar-refractivity contribution in [2.75, 3.05) is 18.6 Å². The van der Waals surface area contributed by atoms with Gasteiger partial charge in [0.05, 0.1) is 6.42 Å². The predicted molar refractivity (Wildman–Crippen MR) is 102 cm³/mol. The lowest BCUT2D eigenvalue weighted by Gasteiger charge is -2.23. The average molecular weight is 367 g/mol. The third-order valence-corrected chi connectivity index (χ3v) is 4.91. The van der Waals surface area contributed by atoms with Crippen molar-refractivity contribution < 1.29 is 18.7 Å². The molecule has 2 aromatic rings. The van der Waals surface area contributed by atoms with E-state index in [1.54, 1.807) is 12.1 Å². The van der Waals surface area contributed by atoms with Gasteiger partial charge in [0.15, 0.2) is 12.4 Å². The molecule has 0 fully saturated rings. The second-order valence-electron chi connectivity index (χ2n) is 7.13. The van der Waals surface area contributed by atoms with Crippen LogP contribution in [0.2, 0.25) is 0 Å². The Hall–Kier alpha value is -2.95. The van der Waals surface area contributed by atoms with Gasteiger partial charge in [0.25, 0.3) is 0 Å². The van der Waals surface area contributed by atoms with E-state index in [0.717, 1.165) is 16.9 Å². The van der Waals surface area contributed by atoms with Gasteiger partial charge in [-0.3, -0.25) is 9.59 Å². The van der Waals surface area contributed by atoms with E-state index < -0.39 is 11.8 Å². The summed E-state index contributed by atoms with van der Waals surface area (Å²) in [5, 5.41) is 0. The maximum atomic E-state index is 13.6. The van der Waals surface area contributed by atoms with Gasteiger partial charge in [-0.25, -0.2) is 4.39 Å². The third-order valence-electron chi connectivity index (χ3n) is 4.91. The minimum absolute atomic E-state index is 0.201. The van der Waals surface area contributed by atoms with Crippen LogP contribution in [0.15, 0.2) is 60.3 Å². The number of ether oxygens (including phenoxy) is 1. The molecule has 0 bridgehead atoms. The molecule has 0 spiro atoms. The number of hydrogen-bond acceptors (Lipinski definition) is 4. The van der Waals surface area contributed by atoms with Crippen molar-refractivity contribution in [3.63, 3.8) is 0 Å². The summed E-state index contributed by atoms with van der Waals surface area (Å²) in [5.41, 5.74) is 2.97. The van der Waals surface area contributed by atoms with Crippen LogP contribution in [0.5, 0.6) is 0 Å². The molecule has 2 aromatic carbocycles. The summed E-state index contributed by atoms with van der Waals surface area (Å²) >= 11 is 0. The Kier molecular flexibility index (Phi) is 5.13. The predicted octanol–water partition coefficient (Wildman–Crippen LogP) is 3.79. The van der Waals surface area contributed by atoms with Crippen LogP contribution < -0.4 is 4.90 Å². The molecule has 0 radical (unpaired) electrons. The summed E-state index contributed by atoms with van der Waals surface area (Å²) in [4.78, 5) is 26.2. The largest absolute Gasteiger partial charge is 0.457 e. The molecule has 0 aromatic heterocycles. The Morgan fingerprint density at radius 1 is 1.11 bits per heavy atom. The fourth-order valence-electron chi connectivity index (χ4n) is 3.45. The second-order valence-corrected chi connectivity index (χ2v) is 7.13. The summed E-state index contributed by atoms with van der Waals surface area (Å²) in [6.07, 6.45) is 1.32. The molecule has 140 valence electrons. The van der Waals surface area contributed by atoms with Crippen LogP contribution in [0.3, 0.4) is 0 Å². The van der Waals surface area contributed by atoms with Crippen LogP contribution in [0.1, 0.15) is 25.0 Å². The van der Waals surface area contributed by atoms with Crippen LogP contribution in [-0.4, -0.2) is 25.4 Å². The summed E-state index contributed by atoms with van der Waals surface area (Å²) < 4.78 is 18.6. The van der Waals surface area contributed by atoms with Crippen LogP contribution in [0.4, 0.5) is 10.1 Å². The van der Waals surface area contributed by atoms with Crippen molar-refractivity contribution in [2.45, 2.75) is 25.7 Å². The molecule has 1 aliphatic rings. The van der Waals surface area contributed by atoms with Gasteiger partial charge in [0.1, 0.15) is 5.82 Å². The van der Waals surface area contributed by atoms with Gasteiger partial charge < -0.3 is 9.64 Å². The van der Waals surface area contributed by atoms with E-state index in [-0.39, 0.29) is 29.8 Å². The molecule has 0 N–H and O–H groups in total. The van der Waals surface area contributed by atoms with E-state index in [0.29, 0.717) is 0 Å². The maximum Gasteiger partial charge on any atom is 0.310 e. The fourth-order valence-corrected chi connectivity index (χ4v) is 3.45. The molecule has 0 saturated carbocycles. The second kappa shape index (κ2) is 7.35. The van der Waals surface area contributed by atoms with Gasteiger partial charge in [0, 0.05) is 29.9 Å². The molecular formula is C22H22FNO3. The number of likely N-dealkylation sites (N-methyl/N-ethyl adjacent to an activating group) is 1. The van der Waals surface area contributed by atoms with Gasteiger partial charge in [-0.2, -0.15) is 0 Å². The first kappa shape index (κ1) is 18.8. The van der Waals surface area contributed by atoms with Gasteiger partial charge in [-0.05, 0) is 23.3 Å². The van der Waals surface area contributed by atoms with E-state index >= 15 is 0 Å². The number of para-hydroxylation sites is 1. The van der Waals surface area contributed by atoms with Gasteiger partial charge >= 0.3 is 5.97 Å². The molecule has 1 aliphatic heterocycles. The molecule has 0 unspecified atom stereocenters. The third kappa shape index (κ3) is 3.77. The molecule has 27 heavy (non-hydrogen) atoms. The average Bonchev–Trinajstić information content (AvgIpc) is 2.83. The number of esters is 1. The number of carbonyl (C=O) groups is 2. The first-order chi connectivity index (χ1) is 12.8. The minimum atomic E-state index is -0.630. The first-order valence-corrected chi connectivity index (χ1v) is 8.78. The molecule has 0 aliphatic carbocycles. The van der Waals surface area contributed by atoms with Gasteiger partial charge in [0.2, 0.25) is 0 Å². The molecule has 3 rings (SSSR count). The fraction of sp³-hybridized carbons (Fsp3) is 0.273. The van der Waals surface area contributed by atoms with E-state index in [4.69, 9.17) is 4.74 Å². The molecule has 0 atom stereocenters. The van der Waals surface area contributed by atoms with E-state index in [1.807, 2.05) is 36.2 Å². The number of halogens is 1. The highest BCUT2D eigenvalue weighted by Crippen LogP contribution is 2.46. The number of allylic oxidation sites excluding steroid dienone is 1. The highest BCUT2D eigenvalue weighted by Gasteiger charge is 2.38. The molecule has 1 heterocycles. The minimum Gasteiger partial charge on any atom is -0.457 e. The van der Waals surface area contributed by atoms with E-state index in [2.05, 4.69) is 13.8 Å². The van der Waals surface area contributed by atoms with Crippen LogP contribution in [-0.2, 0) is 26.2 Å². The Labute approximate surface area is 158 Å². The van der Waals surface area contributed by atoms with Crippen LogP contribution in [0.25, 0.3) is 0 Å². The topological polar surface area (TPSA) is 46.6 Å². The Bertz CT molecular complexity index is 917. The number of benzene rings is 2. The van der Waals surface area contributed by atoms with Crippen molar-refractivity contribution in [2.24, 2.45) is 0 Å². The Morgan fingerprint density at radius 2 is 1.78 bits per heavy atom. The highest BCUT2D eigenvalue weighted by molar-refractivity contribution is 5.94. The molecular weight excluding hydrogens is 345 g/mol. The van der Waals surface area contributed by atoms with Crippen molar-refractivity contribution in [1.82, 2.24) is 0 Å². The molecule has 5 heteroatoms. The number of nitrogens with zero attached hydrogens (tertiary/aromatic N) is 1. The quantitative estimate of drug-likeness (QED) is 0.596. The molecule has 0 amide bonds. The zero-order valence-electron chi connectivity index (χ0n) is 15.7. The summed E-state index contributed by atoms with van der Waals surface area (Å²) in [7, 11) is 1.91. The van der Waals surface area contributed by atoms with Crippen LogP contribution in [0, 0.1) is 5.82 Å². The molecule has 4 nitrogen and oxygen atoms in total. The lowest BCUT2D eigenvalue weighted by atomic mass is 9.83. The SMILES string of the molecule is CN1/C(=C/C(=O)COC(=O)Cc2ccccc2F)C(C)(C)c2ccccc21. The maximum absolute atomic E-state index is 13.6. The van der Waals surface area contributed by atoms with Crippen molar-refractivity contribution in [3.05, 3.63) is 77.2 Å². The lowest BCUT2D eigenvalue weighted by molar-refractivity contribution is -0.146. The summed E-state index contributed by atoms with van der Waals surface area (Å²) in [6, 6.07) is 14.0.